The largest absolute Gasteiger partial charge is 0.383 e. The van der Waals surface area contributed by atoms with E-state index in [9.17, 15) is 4.79 Å². The second-order valence-corrected chi connectivity index (χ2v) is 7.05. The standard InChI is InChI=1S/C19H26ClN3O2/c1-13(2)19(24)23(8-9-25-5)12-15-10-14-6-7-16(20)11-17(14)21-18(15)22(3)4/h6-7,10-11,13H,8-9,12H2,1-5H3. The van der Waals surface area contributed by atoms with Gasteiger partial charge < -0.3 is 14.5 Å². The summed E-state index contributed by atoms with van der Waals surface area (Å²) in [7, 11) is 5.54. The summed E-state index contributed by atoms with van der Waals surface area (Å²) in [5.74, 6) is 0.888. The van der Waals surface area contributed by atoms with Gasteiger partial charge >= 0.3 is 0 Å². The van der Waals surface area contributed by atoms with Crippen molar-refractivity contribution in [3.63, 3.8) is 0 Å². The molecule has 0 bridgehead atoms. The quantitative estimate of drug-likeness (QED) is 0.754. The molecule has 0 atom stereocenters. The van der Waals surface area contributed by atoms with E-state index in [0.29, 0.717) is 24.7 Å². The lowest BCUT2D eigenvalue weighted by atomic mass is 10.1. The summed E-state index contributed by atoms with van der Waals surface area (Å²) in [5.41, 5.74) is 1.85. The first-order chi connectivity index (χ1) is 11.8. The number of hydrogen-bond acceptors (Lipinski definition) is 4. The molecule has 0 saturated carbocycles. The van der Waals surface area contributed by atoms with E-state index in [1.807, 2.05) is 55.9 Å². The maximum Gasteiger partial charge on any atom is 0.225 e. The van der Waals surface area contributed by atoms with Crippen LogP contribution in [-0.4, -0.2) is 50.1 Å². The third-order valence-corrected chi connectivity index (χ3v) is 4.23. The summed E-state index contributed by atoms with van der Waals surface area (Å²) in [6.07, 6.45) is 0. The van der Waals surface area contributed by atoms with Crippen molar-refractivity contribution >= 4 is 34.2 Å². The molecule has 0 aliphatic heterocycles. The number of benzene rings is 1. The molecule has 1 heterocycles. The van der Waals surface area contributed by atoms with Crippen molar-refractivity contribution in [2.24, 2.45) is 5.92 Å². The fourth-order valence-corrected chi connectivity index (χ4v) is 2.88. The Morgan fingerprint density at radius 2 is 2.00 bits per heavy atom. The minimum absolute atomic E-state index is 0.0631. The first-order valence-corrected chi connectivity index (χ1v) is 8.75. The maximum atomic E-state index is 12.6. The van der Waals surface area contributed by atoms with Crippen LogP contribution in [-0.2, 0) is 16.1 Å². The van der Waals surface area contributed by atoms with Crippen LogP contribution in [0.3, 0.4) is 0 Å². The number of fused-ring (bicyclic) bond motifs is 1. The van der Waals surface area contributed by atoms with Crippen LogP contribution in [0.2, 0.25) is 5.02 Å². The van der Waals surface area contributed by atoms with E-state index in [1.54, 1.807) is 7.11 Å². The molecule has 136 valence electrons. The van der Waals surface area contributed by atoms with Crippen molar-refractivity contribution in [3.8, 4) is 0 Å². The number of rotatable bonds is 7. The Kier molecular flexibility index (Phi) is 6.62. The average Bonchev–Trinajstić information content (AvgIpc) is 2.57. The predicted octanol–water partition coefficient (Wildman–Crippen LogP) is 3.59. The van der Waals surface area contributed by atoms with E-state index in [-0.39, 0.29) is 11.8 Å². The van der Waals surface area contributed by atoms with Gasteiger partial charge in [0.1, 0.15) is 5.82 Å². The topological polar surface area (TPSA) is 45.7 Å². The van der Waals surface area contributed by atoms with Gasteiger partial charge in [-0.2, -0.15) is 0 Å². The molecule has 0 N–H and O–H groups in total. The molecule has 2 aromatic rings. The molecule has 1 aromatic heterocycles. The van der Waals surface area contributed by atoms with Crippen LogP contribution < -0.4 is 4.90 Å². The van der Waals surface area contributed by atoms with Crippen molar-refractivity contribution in [1.29, 1.82) is 0 Å². The Morgan fingerprint density at radius 1 is 1.28 bits per heavy atom. The minimum Gasteiger partial charge on any atom is -0.383 e. The molecule has 1 aromatic carbocycles. The number of carbonyl (C=O) groups excluding carboxylic acids is 1. The first kappa shape index (κ1) is 19.5. The number of amides is 1. The van der Waals surface area contributed by atoms with Crippen LogP contribution in [0.25, 0.3) is 10.9 Å². The number of anilines is 1. The van der Waals surface area contributed by atoms with Gasteiger partial charge in [-0.25, -0.2) is 4.98 Å². The molecular formula is C19H26ClN3O2. The average molecular weight is 364 g/mol. The molecule has 0 aliphatic rings. The van der Waals surface area contributed by atoms with Gasteiger partial charge in [-0.15, -0.1) is 0 Å². The Balaban J connectivity index is 2.43. The molecule has 0 fully saturated rings. The van der Waals surface area contributed by atoms with Crippen LogP contribution in [0.1, 0.15) is 19.4 Å². The van der Waals surface area contributed by atoms with Crippen LogP contribution in [0.4, 0.5) is 5.82 Å². The van der Waals surface area contributed by atoms with Gasteiger partial charge in [0.25, 0.3) is 0 Å². The van der Waals surface area contributed by atoms with Gasteiger partial charge in [0.05, 0.1) is 12.1 Å². The van der Waals surface area contributed by atoms with E-state index >= 15 is 0 Å². The van der Waals surface area contributed by atoms with E-state index < -0.39 is 0 Å². The number of nitrogens with zero attached hydrogens (tertiary/aromatic N) is 3. The lowest BCUT2D eigenvalue weighted by molar-refractivity contribution is -0.135. The summed E-state index contributed by atoms with van der Waals surface area (Å²) in [5, 5.41) is 1.67. The molecule has 25 heavy (non-hydrogen) atoms. The molecule has 0 spiro atoms. The zero-order chi connectivity index (χ0) is 18.6. The number of pyridine rings is 1. The number of hydrogen-bond donors (Lipinski definition) is 0. The maximum absolute atomic E-state index is 12.6. The lowest BCUT2D eigenvalue weighted by Gasteiger charge is -2.26. The van der Waals surface area contributed by atoms with Crippen molar-refractivity contribution < 1.29 is 9.53 Å². The fourth-order valence-electron chi connectivity index (χ4n) is 2.72. The summed E-state index contributed by atoms with van der Waals surface area (Å²) in [4.78, 5) is 21.1. The van der Waals surface area contributed by atoms with Gasteiger partial charge in [0, 0.05) is 56.2 Å². The molecule has 0 saturated heterocycles. The van der Waals surface area contributed by atoms with Gasteiger partial charge in [-0.1, -0.05) is 31.5 Å². The van der Waals surface area contributed by atoms with Crippen LogP contribution >= 0.6 is 11.6 Å². The summed E-state index contributed by atoms with van der Waals surface area (Å²) in [6, 6.07) is 7.75. The minimum atomic E-state index is -0.0631. The summed E-state index contributed by atoms with van der Waals surface area (Å²) >= 11 is 6.09. The zero-order valence-corrected chi connectivity index (χ0v) is 16.3. The van der Waals surface area contributed by atoms with Crippen molar-refractivity contribution in [3.05, 3.63) is 34.9 Å². The Morgan fingerprint density at radius 3 is 2.60 bits per heavy atom. The molecule has 5 nitrogen and oxygen atoms in total. The van der Waals surface area contributed by atoms with Gasteiger partial charge in [-0.3, -0.25) is 4.79 Å². The highest BCUT2D eigenvalue weighted by Crippen LogP contribution is 2.26. The highest BCUT2D eigenvalue weighted by atomic mass is 35.5. The third-order valence-electron chi connectivity index (χ3n) is 3.99. The van der Waals surface area contributed by atoms with E-state index in [1.165, 1.54) is 0 Å². The fraction of sp³-hybridized carbons (Fsp3) is 0.474. The highest BCUT2D eigenvalue weighted by molar-refractivity contribution is 6.31. The Labute approximate surface area is 154 Å². The summed E-state index contributed by atoms with van der Waals surface area (Å²) < 4.78 is 5.17. The van der Waals surface area contributed by atoms with Gasteiger partial charge in [0.15, 0.2) is 0 Å². The van der Waals surface area contributed by atoms with Crippen molar-refractivity contribution in [2.75, 3.05) is 39.3 Å². The third kappa shape index (κ3) is 4.83. The summed E-state index contributed by atoms with van der Waals surface area (Å²) in [6.45, 7) is 5.39. The molecule has 2 rings (SSSR count). The van der Waals surface area contributed by atoms with Gasteiger partial charge in [0.2, 0.25) is 5.91 Å². The van der Waals surface area contributed by atoms with E-state index in [4.69, 9.17) is 21.3 Å². The van der Waals surface area contributed by atoms with E-state index in [0.717, 1.165) is 22.3 Å². The zero-order valence-electron chi connectivity index (χ0n) is 15.5. The second-order valence-electron chi connectivity index (χ2n) is 6.61. The molecule has 0 unspecified atom stereocenters. The predicted molar refractivity (Wildman–Crippen MR) is 103 cm³/mol. The van der Waals surface area contributed by atoms with Crippen molar-refractivity contribution in [2.45, 2.75) is 20.4 Å². The highest BCUT2D eigenvalue weighted by Gasteiger charge is 2.20. The van der Waals surface area contributed by atoms with E-state index in [2.05, 4.69) is 6.07 Å². The smallest absolute Gasteiger partial charge is 0.225 e. The Hall–Kier alpha value is -1.85. The number of methoxy groups -OCH3 is 1. The van der Waals surface area contributed by atoms with Crippen molar-refractivity contribution in [1.82, 2.24) is 9.88 Å². The number of carbonyl (C=O) groups is 1. The van der Waals surface area contributed by atoms with Crippen LogP contribution in [0, 0.1) is 5.92 Å². The SMILES string of the molecule is COCCN(Cc1cc2ccc(Cl)cc2nc1N(C)C)C(=O)C(C)C. The first-order valence-electron chi connectivity index (χ1n) is 8.37. The molecule has 6 heteroatoms. The molecular weight excluding hydrogens is 338 g/mol. The lowest BCUT2D eigenvalue weighted by Crippen LogP contribution is -2.36. The normalized spacial score (nSPS) is 11.2. The molecule has 0 aliphatic carbocycles. The van der Waals surface area contributed by atoms with Gasteiger partial charge in [-0.05, 0) is 18.2 Å². The number of halogens is 1. The number of ether oxygens (including phenoxy) is 1. The number of aromatic nitrogens is 1. The second kappa shape index (κ2) is 8.50. The van der Waals surface area contributed by atoms with Crippen LogP contribution in [0.15, 0.2) is 24.3 Å². The Bertz CT molecular complexity index is 747. The molecule has 1 amide bonds. The molecule has 0 radical (unpaired) electrons. The monoisotopic (exact) mass is 363 g/mol. The van der Waals surface area contributed by atoms with Crippen LogP contribution in [0.5, 0.6) is 0 Å².